The van der Waals surface area contributed by atoms with E-state index in [-0.39, 0.29) is 0 Å². The average molecular weight is 281 g/mol. The molecule has 3 rings (SSSR count). The molecule has 1 N–H and O–H groups in total. The normalized spacial score (nSPS) is 10.9. The topological polar surface area (TPSA) is 39.1 Å². The highest BCUT2D eigenvalue weighted by molar-refractivity contribution is 5.85. The number of methoxy groups -OCH3 is 1. The second-order valence-corrected chi connectivity index (χ2v) is 4.98. The van der Waals surface area contributed by atoms with Gasteiger partial charge in [-0.25, -0.2) is 0 Å². The molecule has 0 radical (unpaired) electrons. The summed E-state index contributed by atoms with van der Waals surface area (Å²) in [6, 6.07) is 14.8. The Labute approximate surface area is 124 Å². The number of ether oxygens (including phenoxy) is 1. The predicted molar refractivity (Wildman–Crippen MR) is 85.4 cm³/mol. The van der Waals surface area contributed by atoms with Gasteiger partial charge in [0.2, 0.25) is 0 Å². The van der Waals surface area contributed by atoms with Crippen molar-refractivity contribution in [3.05, 3.63) is 60.4 Å². The van der Waals surface area contributed by atoms with Crippen LogP contribution in [-0.4, -0.2) is 23.5 Å². The second kappa shape index (κ2) is 6.41. The summed E-state index contributed by atoms with van der Waals surface area (Å²) in [6.45, 7) is 2.23. The summed E-state index contributed by atoms with van der Waals surface area (Å²) in [5.74, 6) is 0. The molecule has 4 heteroatoms. The SMILES string of the molecule is COCCn1cc(NCc2cccc3ccccc23)cn1. The maximum absolute atomic E-state index is 5.05. The highest BCUT2D eigenvalue weighted by atomic mass is 16.5. The van der Waals surface area contributed by atoms with Crippen molar-refractivity contribution in [3.63, 3.8) is 0 Å². The van der Waals surface area contributed by atoms with Crippen LogP contribution in [0.4, 0.5) is 5.69 Å². The van der Waals surface area contributed by atoms with Gasteiger partial charge in [-0.05, 0) is 16.3 Å². The van der Waals surface area contributed by atoms with Crippen molar-refractivity contribution < 1.29 is 4.74 Å². The van der Waals surface area contributed by atoms with Crippen LogP contribution in [0.1, 0.15) is 5.56 Å². The third kappa shape index (κ3) is 3.23. The van der Waals surface area contributed by atoms with Gasteiger partial charge in [-0.2, -0.15) is 5.10 Å². The number of fused-ring (bicyclic) bond motifs is 1. The lowest BCUT2D eigenvalue weighted by Crippen LogP contribution is -2.04. The van der Waals surface area contributed by atoms with Gasteiger partial charge in [-0.1, -0.05) is 42.5 Å². The Morgan fingerprint density at radius 3 is 2.90 bits per heavy atom. The molecule has 0 saturated carbocycles. The largest absolute Gasteiger partial charge is 0.383 e. The van der Waals surface area contributed by atoms with E-state index in [4.69, 9.17) is 4.74 Å². The third-order valence-electron chi connectivity index (χ3n) is 3.52. The maximum Gasteiger partial charge on any atom is 0.0729 e. The Hall–Kier alpha value is -2.33. The highest BCUT2D eigenvalue weighted by Gasteiger charge is 2.02. The molecule has 0 atom stereocenters. The van der Waals surface area contributed by atoms with Crippen molar-refractivity contribution in [2.24, 2.45) is 0 Å². The molecule has 0 saturated heterocycles. The fraction of sp³-hybridized carbons (Fsp3) is 0.235. The van der Waals surface area contributed by atoms with Crippen molar-refractivity contribution in [2.45, 2.75) is 13.1 Å². The molecular formula is C17H19N3O. The Morgan fingerprint density at radius 1 is 1.14 bits per heavy atom. The van der Waals surface area contributed by atoms with E-state index < -0.39 is 0 Å². The Kier molecular flexibility index (Phi) is 4.17. The lowest BCUT2D eigenvalue weighted by atomic mass is 10.0. The van der Waals surface area contributed by atoms with Crippen molar-refractivity contribution in [1.82, 2.24) is 9.78 Å². The molecule has 0 unspecified atom stereocenters. The van der Waals surface area contributed by atoms with Gasteiger partial charge < -0.3 is 10.1 Å². The van der Waals surface area contributed by atoms with Gasteiger partial charge in [0.25, 0.3) is 0 Å². The van der Waals surface area contributed by atoms with Gasteiger partial charge in [-0.3, -0.25) is 4.68 Å². The van der Waals surface area contributed by atoms with E-state index >= 15 is 0 Å². The first-order chi connectivity index (χ1) is 10.4. The average Bonchev–Trinajstić information content (AvgIpc) is 2.99. The minimum Gasteiger partial charge on any atom is -0.383 e. The maximum atomic E-state index is 5.05. The number of rotatable bonds is 6. The predicted octanol–water partition coefficient (Wildman–Crippen LogP) is 3.29. The standard InChI is InChI=1S/C17H19N3O/c1-21-10-9-20-13-16(12-19-20)18-11-15-7-4-6-14-5-2-3-8-17(14)15/h2-8,12-13,18H,9-11H2,1H3. The number of hydrogen-bond acceptors (Lipinski definition) is 3. The first-order valence-corrected chi connectivity index (χ1v) is 7.09. The van der Waals surface area contributed by atoms with Crippen LogP contribution in [0, 0.1) is 0 Å². The molecule has 0 aliphatic heterocycles. The molecule has 0 fully saturated rings. The van der Waals surface area contributed by atoms with Crippen LogP contribution in [0.3, 0.4) is 0 Å². The van der Waals surface area contributed by atoms with Gasteiger partial charge in [0.1, 0.15) is 0 Å². The van der Waals surface area contributed by atoms with Crippen LogP contribution in [-0.2, 0) is 17.8 Å². The number of benzene rings is 2. The number of nitrogens with one attached hydrogen (secondary N) is 1. The van der Waals surface area contributed by atoms with E-state index in [2.05, 4.69) is 52.9 Å². The number of nitrogens with zero attached hydrogens (tertiary/aromatic N) is 2. The van der Waals surface area contributed by atoms with E-state index in [0.717, 1.165) is 18.8 Å². The Balaban J connectivity index is 1.70. The summed E-state index contributed by atoms with van der Waals surface area (Å²) in [5.41, 5.74) is 2.32. The van der Waals surface area contributed by atoms with Crippen LogP contribution >= 0.6 is 0 Å². The summed E-state index contributed by atoms with van der Waals surface area (Å²) in [5, 5.41) is 10.3. The van der Waals surface area contributed by atoms with E-state index in [1.54, 1.807) is 7.11 Å². The van der Waals surface area contributed by atoms with Crippen molar-refractivity contribution in [2.75, 3.05) is 19.0 Å². The van der Waals surface area contributed by atoms with Crippen LogP contribution in [0.15, 0.2) is 54.9 Å². The van der Waals surface area contributed by atoms with Crippen LogP contribution in [0.25, 0.3) is 10.8 Å². The lowest BCUT2D eigenvalue weighted by molar-refractivity contribution is 0.183. The van der Waals surface area contributed by atoms with E-state index in [0.29, 0.717) is 6.61 Å². The summed E-state index contributed by atoms with van der Waals surface area (Å²) in [4.78, 5) is 0. The number of anilines is 1. The van der Waals surface area contributed by atoms with Crippen molar-refractivity contribution >= 4 is 16.5 Å². The summed E-state index contributed by atoms with van der Waals surface area (Å²) < 4.78 is 6.94. The highest BCUT2D eigenvalue weighted by Crippen LogP contribution is 2.19. The molecule has 0 bridgehead atoms. The van der Waals surface area contributed by atoms with Gasteiger partial charge >= 0.3 is 0 Å². The smallest absolute Gasteiger partial charge is 0.0729 e. The quantitative estimate of drug-likeness (QED) is 0.753. The lowest BCUT2D eigenvalue weighted by Gasteiger charge is -2.07. The van der Waals surface area contributed by atoms with E-state index in [1.165, 1.54) is 16.3 Å². The minimum absolute atomic E-state index is 0.671. The zero-order valence-electron chi connectivity index (χ0n) is 12.1. The summed E-state index contributed by atoms with van der Waals surface area (Å²) in [7, 11) is 1.70. The van der Waals surface area contributed by atoms with Crippen LogP contribution in [0.2, 0.25) is 0 Å². The van der Waals surface area contributed by atoms with Crippen LogP contribution < -0.4 is 5.32 Å². The molecule has 1 aromatic heterocycles. The molecule has 4 nitrogen and oxygen atoms in total. The molecule has 0 aliphatic rings. The second-order valence-electron chi connectivity index (χ2n) is 4.98. The van der Waals surface area contributed by atoms with Gasteiger partial charge in [0.15, 0.2) is 0 Å². The summed E-state index contributed by atoms with van der Waals surface area (Å²) >= 11 is 0. The molecule has 1 heterocycles. The zero-order valence-corrected chi connectivity index (χ0v) is 12.1. The molecule has 21 heavy (non-hydrogen) atoms. The molecular weight excluding hydrogens is 262 g/mol. The molecule has 0 amide bonds. The van der Waals surface area contributed by atoms with Gasteiger partial charge in [0.05, 0.1) is 25.0 Å². The Morgan fingerprint density at radius 2 is 2.00 bits per heavy atom. The zero-order chi connectivity index (χ0) is 14.5. The molecule has 3 aromatic rings. The van der Waals surface area contributed by atoms with E-state index in [1.807, 2.05) is 17.1 Å². The fourth-order valence-corrected chi connectivity index (χ4v) is 2.41. The van der Waals surface area contributed by atoms with Gasteiger partial charge in [-0.15, -0.1) is 0 Å². The monoisotopic (exact) mass is 281 g/mol. The first kappa shape index (κ1) is 13.6. The minimum atomic E-state index is 0.671. The van der Waals surface area contributed by atoms with Crippen molar-refractivity contribution in [1.29, 1.82) is 0 Å². The molecule has 108 valence electrons. The molecule has 0 aliphatic carbocycles. The first-order valence-electron chi connectivity index (χ1n) is 7.09. The fourth-order valence-electron chi connectivity index (χ4n) is 2.41. The molecule has 0 spiro atoms. The summed E-state index contributed by atoms with van der Waals surface area (Å²) in [6.07, 6.45) is 3.85. The Bertz CT molecular complexity index is 715. The van der Waals surface area contributed by atoms with E-state index in [9.17, 15) is 0 Å². The number of aromatic nitrogens is 2. The third-order valence-corrected chi connectivity index (χ3v) is 3.52. The van der Waals surface area contributed by atoms with Crippen molar-refractivity contribution in [3.8, 4) is 0 Å². The van der Waals surface area contributed by atoms with Gasteiger partial charge in [0, 0.05) is 19.9 Å². The number of hydrogen-bond donors (Lipinski definition) is 1. The molecule has 2 aromatic carbocycles. The van der Waals surface area contributed by atoms with Crippen LogP contribution in [0.5, 0.6) is 0 Å².